The summed E-state index contributed by atoms with van der Waals surface area (Å²) in [5.74, 6) is 0.929. The molecule has 1 N–H and O–H groups in total. The number of aromatic nitrogens is 1. The van der Waals surface area contributed by atoms with Gasteiger partial charge in [0.1, 0.15) is 0 Å². The van der Waals surface area contributed by atoms with Crippen molar-refractivity contribution in [2.45, 2.75) is 51.2 Å². The average Bonchev–Trinajstić information content (AvgIpc) is 2.96. The summed E-state index contributed by atoms with van der Waals surface area (Å²) in [6.07, 6.45) is 0.829. The molecule has 1 aliphatic rings. The van der Waals surface area contributed by atoms with E-state index in [0.717, 1.165) is 29.6 Å². The van der Waals surface area contributed by atoms with Crippen LogP contribution >= 0.6 is 11.3 Å². The van der Waals surface area contributed by atoms with Gasteiger partial charge < -0.3 is 10.2 Å². The number of nitrogens with zero attached hydrogens (tertiary/aromatic N) is 3. The molecule has 1 aromatic rings. The summed E-state index contributed by atoms with van der Waals surface area (Å²) in [6, 6.07) is 0. The van der Waals surface area contributed by atoms with E-state index in [2.05, 4.69) is 36.5 Å². The summed E-state index contributed by atoms with van der Waals surface area (Å²) in [6.45, 7) is 11.7. The smallest absolute Gasteiger partial charge is 0.193 e. The van der Waals surface area contributed by atoms with Crippen molar-refractivity contribution in [3.05, 3.63) is 16.1 Å². The Hall–Kier alpha value is -1.15. The number of thiazole rings is 1. The quantitative estimate of drug-likeness (QED) is 0.636. The van der Waals surface area contributed by atoms with Crippen molar-refractivity contribution in [2.75, 3.05) is 32.4 Å². The van der Waals surface area contributed by atoms with Gasteiger partial charge >= 0.3 is 0 Å². The molecule has 1 aliphatic heterocycles. The molecule has 8 heteroatoms. The van der Waals surface area contributed by atoms with Gasteiger partial charge in [-0.25, -0.2) is 13.4 Å². The highest BCUT2D eigenvalue weighted by Crippen LogP contribution is 2.25. The molecule has 0 aromatic carbocycles. The maximum absolute atomic E-state index is 12.1. The first-order valence-electron chi connectivity index (χ1n) is 8.59. The van der Waals surface area contributed by atoms with Crippen LogP contribution in [0.25, 0.3) is 0 Å². The zero-order valence-corrected chi connectivity index (χ0v) is 17.7. The lowest BCUT2D eigenvalue weighted by Crippen LogP contribution is -2.57. The maximum atomic E-state index is 12.1. The second-order valence-electron chi connectivity index (χ2n) is 8.10. The summed E-state index contributed by atoms with van der Waals surface area (Å²) in [7, 11) is -1.31. The Labute approximate surface area is 155 Å². The van der Waals surface area contributed by atoms with Crippen LogP contribution in [-0.2, 0) is 21.7 Å². The molecule has 2 rings (SSSR count). The lowest BCUT2D eigenvalue weighted by Gasteiger charge is -2.39. The van der Waals surface area contributed by atoms with Gasteiger partial charge in [-0.1, -0.05) is 20.8 Å². The average molecular weight is 387 g/mol. The summed E-state index contributed by atoms with van der Waals surface area (Å²) in [4.78, 5) is 11.1. The summed E-state index contributed by atoms with van der Waals surface area (Å²) < 4.78 is 23.5. The van der Waals surface area contributed by atoms with Gasteiger partial charge in [-0.05, 0) is 13.8 Å². The highest BCUT2D eigenvalue weighted by molar-refractivity contribution is 7.92. The number of rotatable bonds is 3. The monoisotopic (exact) mass is 386 g/mol. The van der Waals surface area contributed by atoms with E-state index in [1.54, 1.807) is 32.2 Å². The number of guanidine groups is 1. The normalized spacial score (nSPS) is 20.6. The molecule has 0 atom stereocenters. The molecule has 0 saturated carbocycles. The molecule has 0 spiro atoms. The molecular formula is C17H30N4O2S2. The van der Waals surface area contributed by atoms with Crippen LogP contribution in [-0.4, -0.2) is 61.4 Å². The van der Waals surface area contributed by atoms with Crippen LogP contribution in [0.5, 0.6) is 0 Å². The van der Waals surface area contributed by atoms with Crippen molar-refractivity contribution in [3.63, 3.8) is 0 Å². The molecule has 6 nitrogen and oxygen atoms in total. The second kappa shape index (κ2) is 7.23. The van der Waals surface area contributed by atoms with Crippen LogP contribution in [0.1, 0.15) is 45.3 Å². The topological polar surface area (TPSA) is 74.7 Å². The van der Waals surface area contributed by atoms with Crippen molar-refractivity contribution in [3.8, 4) is 0 Å². The Morgan fingerprint density at radius 3 is 2.64 bits per heavy atom. The first-order valence-corrected chi connectivity index (χ1v) is 11.1. The standard InChI is InChI=1S/C17H30N4O2S2/c1-16(2,3)13-11-24-14(20-13)7-8-19-15(18-6)21-9-10-25(22,23)17(4,5)12-21/h11H,7-10,12H2,1-6H3,(H,18,19). The molecule has 2 heterocycles. The van der Waals surface area contributed by atoms with E-state index in [-0.39, 0.29) is 11.2 Å². The van der Waals surface area contributed by atoms with Crippen LogP contribution in [0.15, 0.2) is 10.4 Å². The van der Waals surface area contributed by atoms with Crippen molar-refractivity contribution in [1.82, 2.24) is 15.2 Å². The summed E-state index contributed by atoms with van der Waals surface area (Å²) in [5, 5.41) is 6.58. The van der Waals surface area contributed by atoms with E-state index in [0.29, 0.717) is 13.1 Å². The van der Waals surface area contributed by atoms with Crippen LogP contribution in [0.3, 0.4) is 0 Å². The fourth-order valence-corrected chi connectivity index (χ4v) is 5.10. The molecule has 0 aliphatic carbocycles. The van der Waals surface area contributed by atoms with Crippen molar-refractivity contribution >= 4 is 27.1 Å². The van der Waals surface area contributed by atoms with Crippen molar-refractivity contribution in [2.24, 2.45) is 4.99 Å². The van der Waals surface area contributed by atoms with Crippen LogP contribution in [0.4, 0.5) is 0 Å². The number of sulfone groups is 1. The van der Waals surface area contributed by atoms with Crippen LogP contribution in [0.2, 0.25) is 0 Å². The Morgan fingerprint density at radius 2 is 2.12 bits per heavy atom. The van der Waals surface area contributed by atoms with E-state index >= 15 is 0 Å². The maximum Gasteiger partial charge on any atom is 0.193 e. The van der Waals surface area contributed by atoms with Crippen molar-refractivity contribution in [1.29, 1.82) is 0 Å². The molecule has 0 unspecified atom stereocenters. The van der Waals surface area contributed by atoms with Gasteiger partial charge in [0.05, 0.1) is 21.2 Å². The first-order chi connectivity index (χ1) is 11.5. The molecule has 1 fully saturated rings. The minimum atomic E-state index is -3.04. The third-order valence-electron chi connectivity index (χ3n) is 4.50. The van der Waals surface area contributed by atoms with E-state index in [1.165, 1.54) is 0 Å². The van der Waals surface area contributed by atoms with Gasteiger partial charge in [0.2, 0.25) is 0 Å². The van der Waals surface area contributed by atoms with Gasteiger partial charge in [0, 0.05) is 43.9 Å². The number of nitrogens with one attached hydrogen (secondary N) is 1. The Bertz CT molecular complexity index is 730. The number of hydrogen-bond donors (Lipinski definition) is 1. The minimum Gasteiger partial charge on any atom is -0.356 e. The third kappa shape index (κ3) is 4.73. The fraction of sp³-hybridized carbons (Fsp3) is 0.765. The minimum absolute atomic E-state index is 0.0725. The van der Waals surface area contributed by atoms with Crippen LogP contribution in [0, 0.1) is 0 Å². The predicted octanol–water partition coefficient (Wildman–Crippen LogP) is 2.07. The zero-order chi connectivity index (χ0) is 18.9. The zero-order valence-electron chi connectivity index (χ0n) is 16.1. The highest BCUT2D eigenvalue weighted by atomic mass is 32.2. The molecule has 142 valence electrons. The highest BCUT2D eigenvalue weighted by Gasteiger charge is 2.40. The Kier molecular flexibility index (Phi) is 5.83. The largest absolute Gasteiger partial charge is 0.356 e. The molecule has 1 aromatic heterocycles. The third-order valence-corrected chi connectivity index (χ3v) is 7.94. The molecule has 0 bridgehead atoms. The van der Waals surface area contributed by atoms with Gasteiger partial charge in [-0.2, -0.15) is 0 Å². The molecule has 25 heavy (non-hydrogen) atoms. The van der Waals surface area contributed by atoms with Gasteiger partial charge in [0.15, 0.2) is 15.8 Å². The first kappa shape index (κ1) is 20.2. The molecular weight excluding hydrogens is 356 g/mol. The van der Waals surface area contributed by atoms with Crippen LogP contribution < -0.4 is 5.32 Å². The second-order valence-corrected chi connectivity index (χ2v) is 11.8. The number of aliphatic imine (C=N–C) groups is 1. The van der Waals surface area contributed by atoms with E-state index in [4.69, 9.17) is 4.98 Å². The molecule has 0 radical (unpaired) electrons. The summed E-state index contributed by atoms with van der Waals surface area (Å²) >= 11 is 1.69. The fourth-order valence-electron chi connectivity index (χ4n) is 2.71. The predicted molar refractivity (Wildman–Crippen MR) is 105 cm³/mol. The Morgan fingerprint density at radius 1 is 1.44 bits per heavy atom. The van der Waals surface area contributed by atoms with Crippen molar-refractivity contribution < 1.29 is 8.42 Å². The Balaban J connectivity index is 1.92. The van der Waals surface area contributed by atoms with E-state index in [9.17, 15) is 8.42 Å². The molecule has 1 saturated heterocycles. The van der Waals surface area contributed by atoms with Gasteiger partial charge in [-0.3, -0.25) is 4.99 Å². The van der Waals surface area contributed by atoms with Gasteiger partial charge in [-0.15, -0.1) is 11.3 Å². The lowest BCUT2D eigenvalue weighted by molar-refractivity contribution is 0.353. The molecule has 0 amide bonds. The lowest BCUT2D eigenvalue weighted by atomic mass is 9.93. The van der Waals surface area contributed by atoms with E-state index < -0.39 is 14.6 Å². The SMILES string of the molecule is CN=C(NCCc1nc(C(C)(C)C)cs1)N1CCS(=O)(=O)C(C)(C)C1. The van der Waals surface area contributed by atoms with E-state index in [1.807, 2.05) is 4.90 Å². The van der Waals surface area contributed by atoms with Gasteiger partial charge in [0.25, 0.3) is 0 Å². The number of hydrogen-bond acceptors (Lipinski definition) is 5. The summed E-state index contributed by atoms with van der Waals surface area (Å²) in [5.41, 5.74) is 1.20.